The molecular weight excluding hydrogens is 250 g/mol. The zero-order valence-electron chi connectivity index (χ0n) is 7.08. The van der Waals surface area contributed by atoms with Crippen molar-refractivity contribution in [3.05, 3.63) is 24.1 Å². The van der Waals surface area contributed by atoms with E-state index < -0.39 is 0 Å². The summed E-state index contributed by atoms with van der Waals surface area (Å²) < 4.78 is 5.45. The Labute approximate surface area is 88.8 Å². The number of nitrogens with zero attached hydrogens (tertiary/aromatic N) is 1. The first-order chi connectivity index (χ1) is 6.33. The normalized spacial score (nSPS) is 10.9. The molecular formula is C9H8BrNOS. The molecule has 0 amide bonds. The van der Waals surface area contributed by atoms with E-state index in [1.807, 2.05) is 24.5 Å². The minimum atomic E-state index is 0.663. The fraction of sp³-hybridized carbons (Fsp3) is 0.222. The molecule has 1 aromatic heterocycles. The summed E-state index contributed by atoms with van der Waals surface area (Å²) in [7, 11) is 0. The smallest absolute Gasteiger partial charge is 0.206 e. The van der Waals surface area contributed by atoms with Crippen LogP contribution >= 0.6 is 27.7 Å². The van der Waals surface area contributed by atoms with Gasteiger partial charge in [-0.2, -0.15) is 0 Å². The van der Waals surface area contributed by atoms with Gasteiger partial charge in [0.2, 0.25) is 5.89 Å². The number of alkyl halides is 1. The average molecular weight is 258 g/mol. The van der Waals surface area contributed by atoms with E-state index in [0.717, 1.165) is 17.0 Å². The Balaban J connectivity index is 2.57. The Hall–Kier alpha value is -0.480. The van der Waals surface area contributed by atoms with Crippen LogP contribution in [0.25, 0.3) is 11.1 Å². The number of hydrogen-bond donors (Lipinski definition) is 0. The van der Waals surface area contributed by atoms with E-state index in [1.165, 1.54) is 4.90 Å². The van der Waals surface area contributed by atoms with Crippen LogP contribution in [0.1, 0.15) is 5.89 Å². The topological polar surface area (TPSA) is 26.0 Å². The molecule has 1 heterocycles. The lowest BCUT2D eigenvalue weighted by molar-refractivity contribution is 0.557. The second-order valence-electron chi connectivity index (χ2n) is 2.57. The molecule has 68 valence electrons. The van der Waals surface area contributed by atoms with Gasteiger partial charge in [0.1, 0.15) is 5.52 Å². The highest BCUT2D eigenvalue weighted by Gasteiger charge is 2.04. The van der Waals surface area contributed by atoms with Gasteiger partial charge in [0.15, 0.2) is 5.58 Å². The van der Waals surface area contributed by atoms with Crippen LogP contribution in [-0.4, -0.2) is 11.2 Å². The van der Waals surface area contributed by atoms with Gasteiger partial charge >= 0.3 is 0 Å². The van der Waals surface area contributed by atoms with Crippen molar-refractivity contribution in [1.29, 1.82) is 0 Å². The molecule has 2 rings (SSSR count). The zero-order valence-corrected chi connectivity index (χ0v) is 9.48. The number of rotatable bonds is 2. The second kappa shape index (κ2) is 3.72. The second-order valence-corrected chi connectivity index (χ2v) is 4.02. The molecule has 1 aromatic carbocycles. The first kappa shape index (κ1) is 9.09. The van der Waals surface area contributed by atoms with Gasteiger partial charge in [-0.15, -0.1) is 11.8 Å². The summed E-state index contributed by atoms with van der Waals surface area (Å²) in [5, 5.41) is 0.663. The third-order valence-electron chi connectivity index (χ3n) is 1.75. The van der Waals surface area contributed by atoms with Crippen LogP contribution in [-0.2, 0) is 5.33 Å². The van der Waals surface area contributed by atoms with Crippen molar-refractivity contribution in [2.45, 2.75) is 10.2 Å². The van der Waals surface area contributed by atoms with Crippen molar-refractivity contribution in [3.63, 3.8) is 0 Å². The average Bonchev–Trinajstić information content (AvgIpc) is 2.58. The highest BCUT2D eigenvalue weighted by atomic mass is 79.9. The van der Waals surface area contributed by atoms with Crippen LogP contribution in [0, 0.1) is 0 Å². The lowest BCUT2D eigenvalue weighted by Gasteiger charge is -1.92. The molecule has 0 aliphatic rings. The molecule has 13 heavy (non-hydrogen) atoms. The van der Waals surface area contributed by atoms with E-state index in [-0.39, 0.29) is 0 Å². The number of thioether (sulfide) groups is 1. The van der Waals surface area contributed by atoms with E-state index in [2.05, 4.69) is 20.9 Å². The molecule has 0 bridgehead atoms. The quantitative estimate of drug-likeness (QED) is 0.609. The standard InChI is InChI=1S/C9H8BrNOS/c1-13-6-2-3-8-7(4-6)11-9(5-10)12-8/h2-4H,5H2,1H3. The first-order valence-electron chi connectivity index (χ1n) is 3.83. The molecule has 0 aliphatic carbocycles. The number of oxazole rings is 1. The molecule has 0 fully saturated rings. The minimum Gasteiger partial charge on any atom is -0.440 e. The summed E-state index contributed by atoms with van der Waals surface area (Å²) >= 11 is 5.02. The van der Waals surface area contributed by atoms with Crippen molar-refractivity contribution in [2.75, 3.05) is 6.26 Å². The Bertz CT molecular complexity index is 424. The maximum Gasteiger partial charge on any atom is 0.206 e. The molecule has 0 N–H and O–H groups in total. The van der Waals surface area contributed by atoms with Gasteiger partial charge in [-0.05, 0) is 24.5 Å². The van der Waals surface area contributed by atoms with Crippen LogP contribution in [0.5, 0.6) is 0 Å². The van der Waals surface area contributed by atoms with Gasteiger partial charge in [-0.3, -0.25) is 0 Å². The van der Waals surface area contributed by atoms with Gasteiger partial charge < -0.3 is 4.42 Å². The van der Waals surface area contributed by atoms with E-state index in [4.69, 9.17) is 4.42 Å². The molecule has 0 radical (unpaired) electrons. The molecule has 0 spiro atoms. The van der Waals surface area contributed by atoms with Crippen molar-refractivity contribution >= 4 is 38.8 Å². The molecule has 0 unspecified atom stereocenters. The van der Waals surface area contributed by atoms with Crippen molar-refractivity contribution < 1.29 is 4.42 Å². The predicted molar refractivity (Wildman–Crippen MR) is 58.4 cm³/mol. The number of aromatic nitrogens is 1. The Kier molecular flexibility index (Phi) is 2.60. The maximum atomic E-state index is 5.45. The van der Waals surface area contributed by atoms with Crippen LogP contribution in [0.15, 0.2) is 27.5 Å². The highest BCUT2D eigenvalue weighted by molar-refractivity contribution is 9.08. The third kappa shape index (κ3) is 1.74. The van der Waals surface area contributed by atoms with Crippen LogP contribution in [0.2, 0.25) is 0 Å². The fourth-order valence-electron chi connectivity index (χ4n) is 1.14. The summed E-state index contributed by atoms with van der Waals surface area (Å²) in [6.07, 6.45) is 2.05. The molecule has 4 heteroatoms. The lowest BCUT2D eigenvalue weighted by atomic mass is 10.3. The molecule has 0 saturated carbocycles. The Morgan fingerprint density at radius 1 is 1.54 bits per heavy atom. The van der Waals surface area contributed by atoms with Crippen molar-refractivity contribution in [1.82, 2.24) is 4.98 Å². The molecule has 0 saturated heterocycles. The van der Waals surface area contributed by atoms with Gasteiger partial charge in [-0.1, -0.05) is 15.9 Å². The van der Waals surface area contributed by atoms with Gasteiger partial charge in [-0.25, -0.2) is 4.98 Å². The van der Waals surface area contributed by atoms with Gasteiger partial charge in [0.05, 0.1) is 5.33 Å². The maximum absolute atomic E-state index is 5.45. The fourth-order valence-corrected chi connectivity index (χ4v) is 1.81. The number of halogens is 1. The number of benzene rings is 1. The predicted octanol–water partition coefficient (Wildman–Crippen LogP) is 3.44. The minimum absolute atomic E-state index is 0.663. The highest BCUT2D eigenvalue weighted by Crippen LogP contribution is 2.22. The SMILES string of the molecule is CSc1ccc2oc(CBr)nc2c1. The van der Waals surface area contributed by atoms with E-state index in [1.54, 1.807) is 11.8 Å². The first-order valence-corrected chi connectivity index (χ1v) is 6.17. The summed E-state index contributed by atoms with van der Waals surface area (Å²) in [6.45, 7) is 0. The third-order valence-corrected chi connectivity index (χ3v) is 2.96. The van der Waals surface area contributed by atoms with E-state index in [9.17, 15) is 0 Å². The van der Waals surface area contributed by atoms with Crippen LogP contribution < -0.4 is 0 Å². The van der Waals surface area contributed by atoms with Crippen LogP contribution in [0.4, 0.5) is 0 Å². The molecule has 2 aromatic rings. The summed E-state index contributed by atoms with van der Waals surface area (Å²) in [5.74, 6) is 0.730. The van der Waals surface area contributed by atoms with Crippen LogP contribution in [0.3, 0.4) is 0 Å². The van der Waals surface area contributed by atoms with Gasteiger partial charge in [0.25, 0.3) is 0 Å². The van der Waals surface area contributed by atoms with Crippen molar-refractivity contribution in [3.8, 4) is 0 Å². The van der Waals surface area contributed by atoms with Crippen molar-refractivity contribution in [2.24, 2.45) is 0 Å². The van der Waals surface area contributed by atoms with E-state index >= 15 is 0 Å². The number of fused-ring (bicyclic) bond motifs is 1. The summed E-state index contributed by atoms with van der Waals surface area (Å²) in [6, 6.07) is 6.03. The van der Waals surface area contributed by atoms with E-state index in [0.29, 0.717) is 5.33 Å². The Morgan fingerprint density at radius 2 is 2.38 bits per heavy atom. The monoisotopic (exact) mass is 257 g/mol. The zero-order chi connectivity index (χ0) is 9.26. The number of hydrogen-bond acceptors (Lipinski definition) is 3. The lowest BCUT2D eigenvalue weighted by Crippen LogP contribution is -1.73. The summed E-state index contributed by atoms with van der Waals surface area (Å²) in [5.41, 5.74) is 1.79. The Morgan fingerprint density at radius 3 is 3.08 bits per heavy atom. The molecule has 2 nitrogen and oxygen atoms in total. The summed E-state index contributed by atoms with van der Waals surface area (Å²) in [4.78, 5) is 5.52. The van der Waals surface area contributed by atoms with Gasteiger partial charge in [0, 0.05) is 4.90 Å². The molecule has 0 atom stereocenters. The molecule has 0 aliphatic heterocycles. The largest absolute Gasteiger partial charge is 0.440 e.